The van der Waals surface area contributed by atoms with Crippen molar-refractivity contribution in [3.8, 4) is 0 Å². The van der Waals surface area contributed by atoms with Crippen LogP contribution in [0.2, 0.25) is 0 Å². The molecule has 0 radical (unpaired) electrons. The number of allylic oxidation sites excluding steroid dienone is 4. The van der Waals surface area contributed by atoms with Crippen LogP contribution in [0, 0.1) is 5.92 Å². The van der Waals surface area contributed by atoms with Crippen molar-refractivity contribution < 1.29 is 4.79 Å². The molecule has 1 atom stereocenters. The Morgan fingerprint density at radius 3 is 2.85 bits per heavy atom. The van der Waals surface area contributed by atoms with Crippen molar-refractivity contribution in [2.45, 2.75) is 13.8 Å². The number of carbonyl (C=O) groups excluding carboxylic acids is 1. The van der Waals surface area contributed by atoms with Crippen LogP contribution < -0.4 is 0 Å². The van der Waals surface area contributed by atoms with Crippen LogP contribution in [0.4, 0.5) is 0 Å². The van der Waals surface area contributed by atoms with Gasteiger partial charge in [0.2, 0.25) is 0 Å². The van der Waals surface area contributed by atoms with Gasteiger partial charge in [0, 0.05) is 6.21 Å². The second-order valence-electron chi connectivity index (χ2n) is 3.44. The highest BCUT2D eigenvalue weighted by Crippen LogP contribution is 2.28. The van der Waals surface area contributed by atoms with E-state index in [-0.39, 0.29) is 11.8 Å². The van der Waals surface area contributed by atoms with E-state index in [1.165, 1.54) is 11.1 Å². The summed E-state index contributed by atoms with van der Waals surface area (Å²) in [6, 6.07) is 0. The highest BCUT2D eigenvalue weighted by atomic mass is 16.1. The van der Waals surface area contributed by atoms with E-state index in [1.807, 2.05) is 19.1 Å². The maximum atomic E-state index is 11.4. The number of aliphatic imine (C=N–C) groups is 1. The van der Waals surface area contributed by atoms with E-state index in [1.54, 1.807) is 6.21 Å². The first-order valence-electron chi connectivity index (χ1n) is 4.33. The Kier molecular flexibility index (Phi) is 1.76. The molecule has 2 heteroatoms. The van der Waals surface area contributed by atoms with Crippen molar-refractivity contribution in [3.05, 3.63) is 34.9 Å². The number of carbonyl (C=O) groups is 1. The molecule has 0 fully saturated rings. The van der Waals surface area contributed by atoms with Gasteiger partial charge in [-0.15, -0.1) is 0 Å². The number of hydrogen-bond donors (Lipinski definition) is 0. The third-order valence-corrected chi connectivity index (χ3v) is 2.52. The molecule has 66 valence electrons. The van der Waals surface area contributed by atoms with E-state index in [4.69, 9.17) is 0 Å². The molecule has 2 aliphatic rings. The van der Waals surface area contributed by atoms with Gasteiger partial charge in [0.1, 0.15) is 0 Å². The summed E-state index contributed by atoms with van der Waals surface area (Å²) in [5.74, 6) is -0.186. The first kappa shape index (κ1) is 8.17. The van der Waals surface area contributed by atoms with Crippen LogP contribution in [0.1, 0.15) is 13.8 Å². The molecule has 0 aromatic heterocycles. The summed E-state index contributed by atoms with van der Waals surface area (Å²) in [6.07, 6.45) is 7.52. The fourth-order valence-corrected chi connectivity index (χ4v) is 1.57. The van der Waals surface area contributed by atoms with Gasteiger partial charge in [-0.25, -0.2) is 4.99 Å². The average Bonchev–Trinajstić information content (AvgIpc) is 2.09. The molecule has 1 unspecified atom stereocenters. The molecular weight excluding hydrogens is 162 g/mol. The molecule has 0 saturated heterocycles. The van der Waals surface area contributed by atoms with Crippen molar-refractivity contribution in [2.24, 2.45) is 10.9 Å². The van der Waals surface area contributed by atoms with Crippen molar-refractivity contribution in [3.63, 3.8) is 0 Å². The molecule has 0 aromatic rings. The normalized spacial score (nSPS) is 26.2. The lowest BCUT2D eigenvalue weighted by Crippen LogP contribution is -2.18. The van der Waals surface area contributed by atoms with Crippen LogP contribution in [-0.4, -0.2) is 12.1 Å². The second-order valence-corrected chi connectivity index (χ2v) is 3.44. The summed E-state index contributed by atoms with van der Waals surface area (Å²) >= 11 is 0. The Morgan fingerprint density at radius 2 is 2.08 bits per heavy atom. The fourth-order valence-electron chi connectivity index (χ4n) is 1.57. The second kappa shape index (κ2) is 2.80. The minimum atomic E-state index is -0.131. The van der Waals surface area contributed by atoms with Crippen molar-refractivity contribution in [1.29, 1.82) is 0 Å². The van der Waals surface area contributed by atoms with Gasteiger partial charge < -0.3 is 0 Å². The van der Waals surface area contributed by atoms with Crippen LogP contribution in [0.5, 0.6) is 0 Å². The zero-order chi connectivity index (χ0) is 9.42. The number of hydrogen-bond acceptors (Lipinski definition) is 1. The van der Waals surface area contributed by atoms with Crippen LogP contribution in [-0.2, 0) is 4.79 Å². The Hall–Kier alpha value is -1.44. The van der Waals surface area contributed by atoms with E-state index in [0.29, 0.717) is 0 Å². The maximum absolute atomic E-state index is 11.4. The van der Waals surface area contributed by atoms with Crippen LogP contribution in [0.25, 0.3) is 0 Å². The SMILES string of the molecule is CC1=CC2=CC=NC(=O)C2C=C1C. The Balaban J connectivity index is 2.47. The highest BCUT2D eigenvalue weighted by molar-refractivity contribution is 5.98. The molecule has 0 aromatic carbocycles. The molecule has 0 spiro atoms. The number of amides is 1. The standard InChI is InChI=1S/C11H11NO/c1-7-5-9-3-4-12-11(13)10(9)6-8(7)2/h3-6,10H,1-2H3. The molecule has 1 amide bonds. The molecular formula is C11H11NO. The van der Waals surface area contributed by atoms with Crippen molar-refractivity contribution >= 4 is 12.1 Å². The van der Waals surface area contributed by atoms with Gasteiger partial charge in [-0.05, 0) is 31.1 Å². The van der Waals surface area contributed by atoms with Crippen LogP contribution in [0.15, 0.2) is 39.9 Å². The monoisotopic (exact) mass is 173 g/mol. The molecule has 1 aliphatic carbocycles. The van der Waals surface area contributed by atoms with Crippen molar-refractivity contribution in [1.82, 2.24) is 0 Å². The van der Waals surface area contributed by atoms with Gasteiger partial charge in [0.05, 0.1) is 5.92 Å². The third-order valence-electron chi connectivity index (χ3n) is 2.52. The lowest BCUT2D eigenvalue weighted by atomic mass is 9.86. The van der Waals surface area contributed by atoms with Crippen LogP contribution >= 0.6 is 0 Å². The summed E-state index contributed by atoms with van der Waals surface area (Å²) < 4.78 is 0. The lowest BCUT2D eigenvalue weighted by Gasteiger charge is -2.20. The van der Waals surface area contributed by atoms with E-state index >= 15 is 0 Å². The largest absolute Gasteiger partial charge is 0.272 e. The predicted molar refractivity (Wildman–Crippen MR) is 52.6 cm³/mol. The van der Waals surface area contributed by atoms with E-state index in [0.717, 1.165) is 5.57 Å². The zero-order valence-electron chi connectivity index (χ0n) is 7.74. The summed E-state index contributed by atoms with van der Waals surface area (Å²) in [4.78, 5) is 15.1. The maximum Gasteiger partial charge on any atom is 0.257 e. The minimum absolute atomic E-state index is 0.0550. The molecule has 0 N–H and O–H groups in total. The average molecular weight is 173 g/mol. The molecule has 1 aliphatic heterocycles. The lowest BCUT2D eigenvalue weighted by molar-refractivity contribution is -0.119. The summed E-state index contributed by atoms with van der Waals surface area (Å²) in [7, 11) is 0. The van der Waals surface area contributed by atoms with Gasteiger partial charge in [-0.2, -0.15) is 0 Å². The van der Waals surface area contributed by atoms with E-state index in [2.05, 4.69) is 18.0 Å². The Labute approximate surface area is 77.4 Å². The summed E-state index contributed by atoms with van der Waals surface area (Å²) in [5.41, 5.74) is 3.46. The highest BCUT2D eigenvalue weighted by Gasteiger charge is 2.23. The summed E-state index contributed by atoms with van der Waals surface area (Å²) in [6.45, 7) is 4.08. The number of rotatable bonds is 0. The van der Waals surface area contributed by atoms with Crippen molar-refractivity contribution in [2.75, 3.05) is 0 Å². The molecule has 1 heterocycles. The Morgan fingerprint density at radius 1 is 1.31 bits per heavy atom. The number of dihydropyridines is 1. The number of fused-ring (bicyclic) bond motifs is 1. The van der Waals surface area contributed by atoms with E-state index < -0.39 is 0 Å². The van der Waals surface area contributed by atoms with Crippen LogP contribution in [0.3, 0.4) is 0 Å². The van der Waals surface area contributed by atoms with Gasteiger partial charge in [-0.3, -0.25) is 4.79 Å². The molecule has 2 nitrogen and oxygen atoms in total. The quantitative estimate of drug-likeness (QED) is 0.551. The number of nitrogens with zero attached hydrogens (tertiary/aromatic N) is 1. The van der Waals surface area contributed by atoms with E-state index in [9.17, 15) is 4.79 Å². The minimum Gasteiger partial charge on any atom is -0.272 e. The molecule has 2 rings (SSSR count). The summed E-state index contributed by atoms with van der Waals surface area (Å²) in [5, 5.41) is 0. The van der Waals surface area contributed by atoms with Gasteiger partial charge in [0.25, 0.3) is 5.91 Å². The third kappa shape index (κ3) is 1.28. The first-order valence-corrected chi connectivity index (χ1v) is 4.33. The topological polar surface area (TPSA) is 29.4 Å². The predicted octanol–water partition coefficient (Wildman–Crippen LogP) is 2.05. The smallest absolute Gasteiger partial charge is 0.257 e. The Bertz CT molecular complexity index is 383. The fraction of sp³-hybridized carbons (Fsp3) is 0.273. The zero-order valence-corrected chi connectivity index (χ0v) is 7.74. The van der Waals surface area contributed by atoms with Gasteiger partial charge in [0.15, 0.2) is 0 Å². The molecule has 0 bridgehead atoms. The first-order chi connectivity index (χ1) is 6.18. The van der Waals surface area contributed by atoms with Gasteiger partial charge in [-0.1, -0.05) is 17.7 Å². The molecule has 0 saturated carbocycles. The van der Waals surface area contributed by atoms with Gasteiger partial charge >= 0.3 is 0 Å². The molecule has 13 heavy (non-hydrogen) atoms.